The van der Waals surface area contributed by atoms with E-state index < -0.39 is 0 Å². The molecule has 0 aliphatic carbocycles. The fourth-order valence-corrected chi connectivity index (χ4v) is 3.85. The number of fused-ring (bicyclic) bond motifs is 1. The highest BCUT2D eigenvalue weighted by Gasteiger charge is 2.18. The Morgan fingerprint density at radius 3 is 2.69 bits per heavy atom. The van der Waals surface area contributed by atoms with E-state index in [1.165, 1.54) is 17.4 Å². The van der Waals surface area contributed by atoms with Crippen molar-refractivity contribution in [1.82, 2.24) is 10.2 Å². The van der Waals surface area contributed by atoms with E-state index in [0.717, 1.165) is 16.0 Å². The van der Waals surface area contributed by atoms with Gasteiger partial charge in [0.2, 0.25) is 0 Å². The number of thiophene rings is 1. The van der Waals surface area contributed by atoms with Crippen molar-refractivity contribution >= 4 is 27.3 Å². The van der Waals surface area contributed by atoms with Crippen LogP contribution in [0.2, 0.25) is 0 Å². The largest absolute Gasteiger partial charge is 0.497 e. The predicted molar refractivity (Wildman–Crippen MR) is 104 cm³/mol. The molecule has 0 aliphatic rings. The normalized spacial score (nSPS) is 12.3. The second-order valence-corrected chi connectivity index (χ2v) is 7.31. The molecule has 0 aliphatic heterocycles. The smallest absolute Gasteiger partial charge is 0.261 e. The zero-order valence-electron chi connectivity index (χ0n) is 15.0. The minimum absolute atomic E-state index is 0.000152. The van der Waals surface area contributed by atoms with Crippen LogP contribution in [0.15, 0.2) is 48.5 Å². The number of nitrogens with one attached hydrogen (secondary N) is 1. The molecule has 26 heavy (non-hydrogen) atoms. The Kier molecular flexibility index (Phi) is 5.54. The summed E-state index contributed by atoms with van der Waals surface area (Å²) in [5, 5.41) is 3.45. The molecular formula is C20H21FN2O2S. The molecule has 1 heterocycles. The van der Waals surface area contributed by atoms with E-state index in [1.807, 2.05) is 49.3 Å². The molecule has 0 spiro atoms. The van der Waals surface area contributed by atoms with Crippen molar-refractivity contribution in [3.05, 3.63) is 64.8 Å². The molecule has 1 amide bonds. The van der Waals surface area contributed by atoms with E-state index >= 15 is 0 Å². The first-order chi connectivity index (χ1) is 12.5. The lowest BCUT2D eigenvalue weighted by Crippen LogP contribution is -2.34. The lowest BCUT2D eigenvalue weighted by Gasteiger charge is -2.25. The van der Waals surface area contributed by atoms with E-state index in [-0.39, 0.29) is 17.8 Å². The van der Waals surface area contributed by atoms with Gasteiger partial charge in [0.1, 0.15) is 11.6 Å². The van der Waals surface area contributed by atoms with Gasteiger partial charge in [-0.05, 0) is 50.0 Å². The van der Waals surface area contributed by atoms with Crippen LogP contribution in [0.25, 0.3) is 10.1 Å². The Bertz CT molecular complexity index is 923. The molecule has 0 radical (unpaired) electrons. The molecule has 2 aromatic carbocycles. The number of hydrogen-bond donors (Lipinski definition) is 1. The molecule has 3 rings (SSSR count). The number of carbonyl (C=O) groups excluding carboxylic acids is 1. The van der Waals surface area contributed by atoms with Gasteiger partial charge in [-0.1, -0.05) is 18.2 Å². The van der Waals surface area contributed by atoms with Gasteiger partial charge in [0.15, 0.2) is 0 Å². The van der Waals surface area contributed by atoms with Gasteiger partial charge in [-0.15, -0.1) is 11.3 Å². The first-order valence-corrected chi connectivity index (χ1v) is 9.08. The third-order valence-electron chi connectivity index (χ3n) is 4.29. The van der Waals surface area contributed by atoms with E-state index in [9.17, 15) is 9.18 Å². The highest BCUT2D eigenvalue weighted by molar-refractivity contribution is 7.20. The molecule has 1 N–H and O–H groups in total. The van der Waals surface area contributed by atoms with Crippen LogP contribution in [-0.4, -0.2) is 38.6 Å². The van der Waals surface area contributed by atoms with Crippen LogP contribution in [0.1, 0.15) is 21.3 Å². The minimum Gasteiger partial charge on any atom is -0.497 e. The molecule has 1 atom stereocenters. The Hall–Kier alpha value is -2.44. The summed E-state index contributed by atoms with van der Waals surface area (Å²) in [5.41, 5.74) is 1.05. The summed E-state index contributed by atoms with van der Waals surface area (Å²) in [5.74, 6) is 0.279. The third-order valence-corrected chi connectivity index (χ3v) is 5.39. The Morgan fingerprint density at radius 2 is 2.00 bits per heavy atom. The number of carbonyl (C=O) groups is 1. The van der Waals surface area contributed by atoms with Crippen molar-refractivity contribution in [2.24, 2.45) is 0 Å². The van der Waals surface area contributed by atoms with Crippen molar-refractivity contribution in [2.45, 2.75) is 6.04 Å². The number of hydrogen-bond acceptors (Lipinski definition) is 4. The molecule has 136 valence electrons. The lowest BCUT2D eigenvalue weighted by atomic mass is 10.1. The number of ether oxygens (including phenoxy) is 1. The van der Waals surface area contributed by atoms with Crippen LogP contribution in [0.3, 0.4) is 0 Å². The van der Waals surface area contributed by atoms with Crippen LogP contribution in [-0.2, 0) is 0 Å². The Balaban J connectivity index is 1.75. The highest BCUT2D eigenvalue weighted by atomic mass is 32.1. The monoisotopic (exact) mass is 372 g/mol. The molecule has 0 saturated carbocycles. The summed E-state index contributed by atoms with van der Waals surface area (Å²) in [6.07, 6.45) is 0. The van der Waals surface area contributed by atoms with Gasteiger partial charge in [-0.2, -0.15) is 0 Å². The molecule has 6 heteroatoms. The summed E-state index contributed by atoms with van der Waals surface area (Å²) in [4.78, 5) is 15.1. The third kappa shape index (κ3) is 3.86. The first kappa shape index (κ1) is 18.4. The highest BCUT2D eigenvalue weighted by Crippen LogP contribution is 2.28. The molecule has 0 fully saturated rings. The topological polar surface area (TPSA) is 41.6 Å². The van der Waals surface area contributed by atoms with E-state index in [0.29, 0.717) is 16.8 Å². The number of nitrogens with zero attached hydrogens (tertiary/aromatic N) is 1. The van der Waals surface area contributed by atoms with Crippen molar-refractivity contribution in [3.8, 4) is 5.75 Å². The van der Waals surface area contributed by atoms with E-state index in [1.54, 1.807) is 19.2 Å². The second kappa shape index (κ2) is 7.85. The van der Waals surface area contributed by atoms with Gasteiger partial charge < -0.3 is 15.0 Å². The zero-order chi connectivity index (χ0) is 18.7. The standard InChI is InChI=1S/C20H21FN2O2S/c1-23(2)17(13-6-4-7-14(10-13)25-3)12-22-20(24)19-11-15-16(21)8-5-9-18(15)26-19/h4-11,17H,12H2,1-3H3,(H,22,24). The summed E-state index contributed by atoms with van der Waals surface area (Å²) in [6, 6.07) is 14.3. The maximum atomic E-state index is 13.8. The number of rotatable bonds is 6. The average Bonchev–Trinajstić information content (AvgIpc) is 3.07. The molecule has 1 aromatic heterocycles. The fraction of sp³-hybridized carbons (Fsp3) is 0.250. The zero-order valence-corrected chi connectivity index (χ0v) is 15.8. The summed E-state index contributed by atoms with van der Waals surface area (Å²) < 4.78 is 19.9. The number of benzene rings is 2. The maximum absolute atomic E-state index is 13.8. The first-order valence-electron chi connectivity index (χ1n) is 8.26. The second-order valence-electron chi connectivity index (χ2n) is 6.23. The van der Waals surface area contributed by atoms with Crippen molar-refractivity contribution in [3.63, 3.8) is 0 Å². The van der Waals surface area contributed by atoms with Gasteiger partial charge in [-0.3, -0.25) is 4.79 Å². The molecular weight excluding hydrogens is 351 g/mol. The average molecular weight is 372 g/mol. The fourth-order valence-electron chi connectivity index (χ4n) is 2.86. The minimum atomic E-state index is -0.305. The number of halogens is 1. The van der Waals surface area contributed by atoms with E-state index in [4.69, 9.17) is 4.74 Å². The van der Waals surface area contributed by atoms with Gasteiger partial charge in [0, 0.05) is 16.6 Å². The van der Waals surface area contributed by atoms with Crippen molar-refractivity contribution in [2.75, 3.05) is 27.7 Å². The molecule has 1 unspecified atom stereocenters. The summed E-state index contributed by atoms with van der Waals surface area (Å²) in [6.45, 7) is 0.440. The Labute approximate surface area is 156 Å². The lowest BCUT2D eigenvalue weighted by molar-refractivity contribution is 0.0946. The van der Waals surface area contributed by atoms with Gasteiger partial charge in [0.25, 0.3) is 5.91 Å². The van der Waals surface area contributed by atoms with Gasteiger partial charge >= 0.3 is 0 Å². The van der Waals surface area contributed by atoms with Crippen LogP contribution in [0.4, 0.5) is 4.39 Å². The molecule has 4 nitrogen and oxygen atoms in total. The van der Waals surface area contributed by atoms with Gasteiger partial charge in [-0.25, -0.2) is 4.39 Å². The van der Waals surface area contributed by atoms with E-state index in [2.05, 4.69) is 5.32 Å². The van der Waals surface area contributed by atoms with Gasteiger partial charge in [0.05, 0.1) is 18.0 Å². The van der Waals surface area contributed by atoms with Crippen LogP contribution < -0.4 is 10.1 Å². The summed E-state index contributed by atoms with van der Waals surface area (Å²) >= 11 is 1.30. The number of amides is 1. The molecule has 3 aromatic rings. The number of methoxy groups -OCH3 is 1. The number of likely N-dealkylation sites (N-methyl/N-ethyl adjacent to an activating group) is 1. The van der Waals surface area contributed by atoms with Crippen molar-refractivity contribution in [1.29, 1.82) is 0 Å². The summed E-state index contributed by atoms with van der Waals surface area (Å²) in [7, 11) is 5.56. The SMILES string of the molecule is COc1cccc(C(CNC(=O)c2cc3c(F)cccc3s2)N(C)C)c1. The van der Waals surface area contributed by atoms with Crippen LogP contribution in [0, 0.1) is 5.82 Å². The van der Waals surface area contributed by atoms with Crippen molar-refractivity contribution < 1.29 is 13.9 Å². The predicted octanol–water partition coefficient (Wildman–Crippen LogP) is 4.08. The maximum Gasteiger partial charge on any atom is 0.261 e. The molecule has 0 bridgehead atoms. The Morgan fingerprint density at radius 1 is 1.23 bits per heavy atom. The van der Waals surface area contributed by atoms with Crippen LogP contribution >= 0.6 is 11.3 Å². The van der Waals surface area contributed by atoms with Crippen LogP contribution in [0.5, 0.6) is 5.75 Å². The molecule has 0 saturated heterocycles. The quantitative estimate of drug-likeness (QED) is 0.709.